The van der Waals surface area contributed by atoms with Crippen molar-refractivity contribution >= 4 is 46.8 Å². The van der Waals surface area contributed by atoms with Crippen LogP contribution < -0.4 is 5.43 Å². The fourth-order valence-electron chi connectivity index (χ4n) is 5.29. The number of nitrogens with zero attached hydrogens (tertiary/aromatic N) is 2. The van der Waals surface area contributed by atoms with Crippen molar-refractivity contribution in [3.63, 3.8) is 0 Å². The number of esters is 2. The summed E-state index contributed by atoms with van der Waals surface area (Å²) in [6, 6.07) is 11.0. The highest BCUT2D eigenvalue weighted by Gasteiger charge is 2.26. The van der Waals surface area contributed by atoms with Gasteiger partial charge >= 0.3 is 35.8 Å². The minimum absolute atomic E-state index is 0.00890. The summed E-state index contributed by atoms with van der Waals surface area (Å²) < 4.78 is 15.9. The first-order valence-electron chi connectivity index (χ1n) is 14.6. The number of rotatable bonds is 16. The van der Waals surface area contributed by atoms with Gasteiger partial charge in [-0.3, -0.25) is 38.6 Å². The molecule has 262 valence electrons. The lowest BCUT2D eigenvalue weighted by molar-refractivity contribution is -0.149. The number of hydrogen-bond acceptors (Lipinski definition) is 13. The Bertz CT molecular complexity index is 1990. The van der Waals surface area contributed by atoms with E-state index in [1.807, 2.05) is 0 Å². The van der Waals surface area contributed by atoms with Gasteiger partial charge in [0.1, 0.15) is 17.1 Å². The quantitative estimate of drug-likeness (QED) is 0.0637. The molecule has 17 nitrogen and oxygen atoms in total. The van der Waals surface area contributed by atoms with Gasteiger partial charge in [-0.15, -0.1) is 0 Å². The maximum atomic E-state index is 13.3. The predicted octanol–water partition coefficient (Wildman–Crippen LogP) is 1.89. The van der Waals surface area contributed by atoms with Crippen LogP contribution >= 0.6 is 0 Å². The van der Waals surface area contributed by atoms with Crippen LogP contribution in [-0.2, 0) is 46.5 Å². The number of carbonyl (C=O) groups excluding carboxylic acids is 2. The molecule has 0 fully saturated rings. The van der Waals surface area contributed by atoms with Crippen LogP contribution in [0.2, 0.25) is 0 Å². The van der Waals surface area contributed by atoms with E-state index in [9.17, 15) is 59.1 Å². The first-order chi connectivity index (χ1) is 23.6. The molecule has 1 heterocycles. The average Bonchev–Trinajstić information content (AvgIpc) is 2.99. The normalized spacial score (nSPS) is 11.2. The van der Waals surface area contributed by atoms with Gasteiger partial charge in [0.05, 0.1) is 31.7 Å². The van der Waals surface area contributed by atoms with Gasteiger partial charge in [0.2, 0.25) is 6.79 Å². The van der Waals surface area contributed by atoms with Crippen LogP contribution in [0.3, 0.4) is 0 Å². The number of fused-ring (bicyclic) bond motifs is 2. The van der Waals surface area contributed by atoms with Gasteiger partial charge in [-0.05, 0) is 23.8 Å². The molecule has 2 aromatic carbocycles. The summed E-state index contributed by atoms with van der Waals surface area (Å²) in [4.78, 5) is 85.6. The Labute approximate surface area is 281 Å². The summed E-state index contributed by atoms with van der Waals surface area (Å²) in [5.41, 5.74) is -0.0666. The highest BCUT2D eigenvalue weighted by atomic mass is 16.7. The molecule has 0 atom stereocenters. The van der Waals surface area contributed by atoms with Crippen LogP contribution in [0.4, 0.5) is 0 Å². The van der Waals surface area contributed by atoms with Gasteiger partial charge in [0.25, 0.3) is 0 Å². The van der Waals surface area contributed by atoms with Gasteiger partial charge in [0.15, 0.2) is 5.43 Å². The van der Waals surface area contributed by atoms with Crippen LogP contribution in [0.15, 0.2) is 57.7 Å². The Balaban J connectivity index is 2.01. The molecule has 1 aliphatic carbocycles. The van der Waals surface area contributed by atoms with Crippen molar-refractivity contribution < 1.29 is 68.2 Å². The first kappa shape index (κ1) is 36.5. The molecule has 5 N–H and O–H groups in total. The number of aromatic hydroxyl groups is 1. The highest BCUT2D eigenvalue weighted by Crippen LogP contribution is 2.43. The number of ether oxygens (including phenoxy) is 2. The number of benzene rings is 3. The van der Waals surface area contributed by atoms with Crippen molar-refractivity contribution in [1.82, 2.24) is 9.80 Å². The van der Waals surface area contributed by atoms with Crippen LogP contribution in [-0.4, -0.2) is 104 Å². The van der Waals surface area contributed by atoms with E-state index in [1.54, 1.807) is 6.07 Å². The van der Waals surface area contributed by atoms with Gasteiger partial charge in [-0.2, -0.15) is 0 Å². The molecule has 0 amide bonds. The fraction of sp³-hybridized carbons (Fsp3) is 0.242. The third kappa shape index (κ3) is 9.18. The second kappa shape index (κ2) is 15.7. The number of carbonyl (C=O) groups is 6. The Morgan fingerprint density at radius 3 is 1.84 bits per heavy atom. The van der Waals surface area contributed by atoms with Crippen molar-refractivity contribution in [1.29, 1.82) is 0 Å². The zero-order chi connectivity index (χ0) is 36.7. The van der Waals surface area contributed by atoms with E-state index in [-0.39, 0.29) is 56.7 Å². The van der Waals surface area contributed by atoms with E-state index in [1.165, 1.54) is 36.4 Å². The molecular formula is C33H30N2O15. The molecule has 2 aromatic rings. The van der Waals surface area contributed by atoms with Gasteiger partial charge in [-0.25, -0.2) is 4.79 Å². The van der Waals surface area contributed by atoms with E-state index < -0.39 is 86.5 Å². The van der Waals surface area contributed by atoms with Crippen molar-refractivity contribution in [2.45, 2.75) is 20.0 Å². The molecule has 17 heteroatoms. The number of carboxylic acid groups (broad SMARTS) is 4. The molecular weight excluding hydrogens is 664 g/mol. The Kier molecular flexibility index (Phi) is 11.5. The highest BCUT2D eigenvalue weighted by molar-refractivity contribution is 6.08. The molecule has 0 saturated heterocycles. The lowest BCUT2D eigenvalue weighted by atomic mass is 9.89. The molecule has 0 saturated carbocycles. The number of aliphatic carboxylic acids is 4. The molecule has 50 heavy (non-hydrogen) atoms. The molecule has 2 aliphatic rings. The summed E-state index contributed by atoms with van der Waals surface area (Å²) in [6.07, 6.45) is 0. The zero-order valence-corrected chi connectivity index (χ0v) is 26.3. The van der Waals surface area contributed by atoms with Crippen molar-refractivity contribution in [2.75, 3.05) is 33.0 Å². The van der Waals surface area contributed by atoms with Gasteiger partial charge in [-0.1, -0.05) is 18.2 Å². The molecule has 0 unspecified atom stereocenters. The number of phenols is 1. The SMILES string of the molecule is CC(=O)OCOC(=O)c1ccccc1-c1c2cc(CN(CC(=O)O)CC(=O)O)c(=O)cc-2oc2cc(O)c(CN(CC(=O)O)CC(=O)O)cc12. The molecule has 1 aliphatic heterocycles. The van der Waals surface area contributed by atoms with Crippen molar-refractivity contribution in [3.05, 3.63) is 75.4 Å². The van der Waals surface area contributed by atoms with Gasteiger partial charge < -0.3 is 39.4 Å². The van der Waals surface area contributed by atoms with E-state index in [0.717, 1.165) is 22.8 Å². The smallest absolute Gasteiger partial charge is 0.341 e. The lowest BCUT2D eigenvalue weighted by Crippen LogP contribution is -2.35. The van der Waals surface area contributed by atoms with E-state index >= 15 is 0 Å². The topological polar surface area (TPSA) is 259 Å². The van der Waals surface area contributed by atoms with E-state index in [2.05, 4.69) is 0 Å². The second-order valence-electron chi connectivity index (χ2n) is 11.0. The number of carboxylic acids is 4. The summed E-state index contributed by atoms with van der Waals surface area (Å²) in [7, 11) is 0. The first-order valence-corrected chi connectivity index (χ1v) is 14.6. The maximum Gasteiger partial charge on any atom is 0.341 e. The molecule has 4 rings (SSSR count). The van der Waals surface area contributed by atoms with Crippen LogP contribution in [0.1, 0.15) is 28.4 Å². The largest absolute Gasteiger partial charge is 0.507 e. The summed E-state index contributed by atoms with van der Waals surface area (Å²) >= 11 is 0. The summed E-state index contributed by atoms with van der Waals surface area (Å²) in [5.74, 6) is -7.40. The zero-order valence-electron chi connectivity index (χ0n) is 26.3. The second-order valence-corrected chi connectivity index (χ2v) is 11.0. The van der Waals surface area contributed by atoms with Crippen molar-refractivity contribution in [3.8, 4) is 28.2 Å². The average molecular weight is 695 g/mol. The summed E-state index contributed by atoms with van der Waals surface area (Å²) in [5, 5.41) is 48.4. The lowest BCUT2D eigenvalue weighted by Gasteiger charge is -2.22. The third-order valence-electron chi connectivity index (χ3n) is 7.19. The molecule has 0 spiro atoms. The summed E-state index contributed by atoms with van der Waals surface area (Å²) in [6.45, 7) is -3.14. The Morgan fingerprint density at radius 1 is 0.720 bits per heavy atom. The van der Waals surface area contributed by atoms with Crippen LogP contribution in [0, 0.1) is 0 Å². The van der Waals surface area contributed by atoms with Gasteiger partial charge in [0, 0.05) is 59.8 Å². The molecule has 0 aromatic heterocycles. The minimum Gasteiger partial charge on any atom is -0.507 e. The van der Waals surface area contributed by atoms with Crippen molar-refractivity contribution in [2.24, 2.45) is 0 Å². The van der Waals surface area contributed by atoms with E-state index in [0.29, 0.717) is 0 Å². The Hall–Kier alpha value is -6.33. The minimum atomic E-state index is -1.34. The number of phenolic OH excluding ortho intramolecular Hbond substituents is 1. The monoisotopic (exact) mass is 694 g/mol. The fourth-order valence-corrected chi connectivity index (χ4v) is 5.29. The number of hydrogen-bond donors (Lipinski definition) is 5. The predicted molar refractivity (Wildman–Crippen MR) is 169 cm³/mol. The standard InChI is InChI=1S/C33H30N2O15/c1-17(36)48-16-49-33(47)21-5-3-2-4-20(21)32-22-6-18(10-34(12-28(39)40)13-29(41)42)24(37)8-26(22)50-27-9-25(38)19(7-23(27)32)11-35(14-30(43)44)15-31(45)46/h2-9,37H,10-16H2,1H3,(H,39,40)(H,41,42)(H,43,44)(H,45,46). The molecule has 0 radical (unpaired) electrons. The van der Waals surface area contributed by atoms with Crippen LogP contribution in [0.5, 0.6) is 5.75 Å². The Morgan fingerprint density at radius 2 is 1.28 bits per heavy atom. The maximum absolute atomic E-state index is 13.3. The van der Waals surface area contributed by atoms with E-state index in [4.69, 9.17) is 13.9 Å². The molecule has 0 bridgehead atoms. The van der Waals surface area contributed by atoms with Crippen LogP contribution in [0.25, 0.3) is 33.4 Å². The third-order valence-corrected chi connectivity index (χ3v) is 7.19.